The van der Waals surface area contributed by atoms with Crippen LogP contribution in [0.5, 0.6) is 0 Å². The summed E-state index contributed by atoms with van der Waals surface area (Å²) < 4.78 is 50.8. The Morgan fingerprint density at radius 1 is 1.13 bits per heavy atom. The van der Waals surface area contributed by atoms with Crippen LogP contribution in [0.1, 0.15) is 17.2 Å². The Labute approximate surface area is 132 Å². The Hall–Kier alpha value is -2.28. The van der Waals surface area contributed by atoms with Crippen LogP contribution in [0.4, 0.5) is 8.78 Å². The van der Waals surface area contributed by atoms with Gasteiger partial charge in [-0.2, -0.15) is 0 Å². The van der Waals surface area contributed by atoms with Crippen molar-refractivity contribution in [3.63, 3.8) is 0 Å². The second kappa shape index (κ2) is 5.73. The summed E-state index contributed by atoms with van der Waals surface area (Å²) in [4.78, 5) is 12.3. The molecule has 120 valence electrons. The minimum absolute atomic E-state index is 0.0726. The van der Waals surface area contributed by atoms with E-state index in [4.69, 9.17) is 0 Å². The molecule has 0 bridgehead atoms. The van der Waals surface area contributed by atoms with Gasteiger partial charge in [0.25, 0.3) is 0 Å². The molecule has 0 fully saturated rings. The van der Waals surface area contributed by atoms with Gasteiger partial charge in [-0.05, 0) is 17.7 Å². The number of hydrogen-bond donors (Lipinski definition) is 1. The average Bonchev–Trinajstić information content (AvgIpc) is 2.75. The number of nitrogens with one attached hydrogen (secondary N) is 1. The van der Waals surface area contributed by atoms with Crippen molar-refractivity contribution in [3.05, 3.63) is 65.2 Å². The molecule has 1 amide bonds. The molecule has 1 heterocycles. The Balaban J connectivity index is 1.78. The lowest BCUT2D eigenvalue weighted by Gasteiger charge is -2.13. The van der Waals surface area contributed by atoms with Gasteiger partial charge in [-0.25, -0.2) is 17.2 Å². The summed E-state index contributed by atoms with van der Waals surface area (Å²) in [5, 5.41) is 2.58. The molecule has 0 radical (unpaired) electrons. The minimum Gasteiger partial charge on any atom is -0.348 e. The Bertz CT molecular complexity index is 881. The van der Waals surface area contributed by atoms with Crippen LogP contribution in [0, 0.1) is 11.6 Å². The number of amides is 1. The summed E-state index contributed by atoms with van der Waals surface area (Å²) >= 11 is 0. The first-order valence-electron chi connectivity index (χ1n) is 6.92. The highest BCUT2D eigenvalue weighted by molar-refractivity contribution is 7.91. The van der Waals surface area contributed by atoms with E-state index in [1.165, 1.54) is 18.2 Å². The van der Waals surface area contributed by atoms with E-state index in [1.807, 2.05) is 0 Å². The molecule has 1 aliphatic rings. The molecular weight excluding hydrogens is 324 g/mol. The van der Waals surface area contributed by atoms with Crippen molar-refractivity contribution >= 4 is 15.7 Å². The van der Waals surface area contributed by atoms with Gasteiger partial charge in [0.15, 0.2) is 21.5 Å². The quantitative estimate of drug-likeness (QED) is 0.933. The molecule has 1 aliphatic heterocycles. The fraction of sp³-hybridized carbons (Fsp3) is 0.188. The lowest BCUT2D eigenvalue weighted by molar-refractivity contribution is -0.121. The second-order valence-electron chi connectivity index (χ2n) is 5.33. The van der Waals surface area contributed by atoms with Gasteiger partial charge in [0.05, 0.1) is 23.1 Å². The van der Waals surface area contributed by atoms with Gasteiger partial charge >= 0.3 is 0 Å². The third kappa shape index (κ3) is 2.96. The lowest BCUT2D eigenvalue weighted by Crippen LogP contribution is -2.31. The molecule has 1 atom stereocenters. The molecule has 1 unspecified atom stereocenters. The minimum atomic E-state index is -3.44. The summed E-state index contributed by atoms with van der Waals surface area (Å²) in [6, 6.07) is 9.34. The largest absolute Gasteiger partial charge is 0.348 e. The van der Waals surface area contributed by atoms with Crippen LogP contribution in [0.2, 0.25) is 0 Å². The van der Waals surface area contributed by atoms with Crippen molar-refractivity contribution in [1.82, 2.24) is 5.32 Å². The van der Waals surface area contributed by atoms with Gasteiger partial charge < -0.3 is 5.32 Å². The maximum atomic E-state index is 13.6. The lowest BCUT2D eigenvalue weighted by atomic mass is 10.1. The molecule has 23 heavy (non-hydrogen) atoms. The number of sulfone groups is 1. The van der Waals surface area contributed by atoms with Crippen LogP contribution < -0.4 is 5.32 Å². The van der Waals surface area contributed by atoms with E-state index in [-0.39, 0.29) is 22.6 Å². The molecule has 0 aromatic heterocycles. The molecule has 1 N–H and O–H groups in total. The van der Waals surface area contributed by atoms with Crippen LogP contribution >= 0.6 is 0 Å². The topological polar surface area (TPSA) is 63.2 Å². The smallest absolute Gasteiger partial charge is 0.225 e. The molecule has 2 aromatic rings. The Morgan fingerprint density at radius 2 is 1.87 bits per heavy atom. The molecule has 0 saturated carbocycles. The van der Waals surface area contributed by atoms with Gasteiger partial charge in [-0.15, -0.1) is 0 Å². The summed E-state index contributed by atoms with van der Waals surface area (Å²) in [7, 11) is -3.44. The van der Waals surface area contributed by atoms with Crippen molar-refractivity contribution in [2.24, 2.45) is 0 Å². The van der Waals surface area contributed by atoms with Crippen molar-refractivity contribution in [3.8, 4) is 0 Å². The van der Waals surface area contributed by atoms with E-state index in [1.54, 1.807) is 18.2 Å². The van der Waals surface area contributed by atoms with Crippen LogP contribution in [-0.2, 0) is 21.1 Å². The number of halogens is 2. The number of fused-ring (bicyclic) bond motifs is 1. The fourth-order valence-electron chi connectivity index (χ4n) is 2.67. The number of carbonyl (C=O) groups is 1. The first kappa shape index (κ1) is 15.6. The van der Waals surface area contributed by atoms with Gasteiger partial charge in [0.2, 0.25) is 5.91 Å². The maximum absolute atomic E-state index is 13.6. The normalized spacial score (nSPS) is 18.4. The third-order valence-electron chi connectivity index (χ3n) is 3.73. The van der Waals surface area contributed by atoms with Crippen molar-refractivity contribution in [2.45, 2.75) is 17.4 Å². The third-order valence-corrected chi connectivity index (χ3v) is 5.55. The van der Waals surface area contributed by atoms with Crippen LogP contribution in [-0.4, -0.2) is 20.1 Å². The summed E-state index contributed by atoms with van der Waals surface area (Å²) in [6.07, 6.45) is -0.359. The highest BCUT2D eigenvalue weighted by Gasteiger charge is 2.35. The highest BCUT2D eigenvalue weighted by Crippen LogP contribution is 2.32. The predicted octanol–water partition coefficient (Wildman–Crippen LogP) is 2.15. The van der Waals surface area contributed by atoms with Crippen LogP contribution in [0.15, 0.2) is 47.4 Å². The predicted molar refractivity (Wildman–Crippen MR) is 79.4 cm³/mol. The van der Waals surface area contributed by atoms with Crippen LogP contribution in [0.3, 0.4) is 0 Å². The summed E-state index contributed by atoms with van der Waals surface area (Å²) in [5.74, 6) is -2.89. The molecule has 0 saturated heterocycles. The van der Waals surface area contributed by atoms with E-state index >= 15 is 0 Å². The number of hydrogen-bond acceptors (Lipinski definition) is 3. The highest BCUT2D eigenvalue weighted by atomic mass is 32.2. The van der Waals surface area contributed by atoms with Gasteiger partial charge in [0.1, 0.15) is 0 Å². The molecule has 7 heteroatoms. The fourth-order valence-corrected chi connectivity index (χ4v) is 4.41. The molecule has 3 rings (SSSR count). The van der Waals surface area contributed by atoms with E-state index in [0.717, 1.165) is 6.07 Å². The van der Waals surface area contributed by atoms with E-state index in [2.05, 4.69) is 5.32 Å². The zero-order chi connectivity index (χ0) is 16.6. The van der Waals surface area contributed by atoms with Gasteiger partial charge in [0, 0.05) is 5.56 Å². The zero-order valence-corrected chi connectivity index (χ0v) is 12.7. The van der Waals surface area contributed by atoms with E-state index in [9.17, 15) is 22.0 Å². The van der Waals surface area contributed by atoms with Crippen LogP contribution in [0.25, 0.3) is 0 Å². The summed E-state index contributed by atoms with van der Waals surface area (Å²) in [6.45, 7) is 0. The summed E-state index contributed by atoms with van der Waals surface area (Å²) in [5.41, 5.74) is 0.442. The average molecular weight is 337 g/mol. The maximum Gasteiger partial charge on any atom is 0.225 e. The molecule has 4 nitrogen and oxygen atoms in total. The molecule has 0 spiro atoms. The number of benzene rings is 2. The number of rotatable bonds is 3. The van der Waals surface area contributed by atoms with Gasteiger partial charge in [-0.1, -0.05) is 30.3 Å². The Morgan fingerprint density at radius 3 is 2.65 bits per heavy atom. The molecule has 2 aromatic carbocycles. The van der Waals surface area contributed by atoms with Gasteiger partial charge in [-0.3, -0.25) is 4.79 Å². The monoisotopic (exact) mass is 337 g/mol. The molecule has 0 aliphatic carbocycles. The number of carbonyl (C=O) groups excluding carboxylic acids is 1. The first-order valence-corrected chi connectivity index (χ1v) is 8.57. The molecular formula is C16H13F2NO3S. The van der Waals surface area contributed by atoms with E-state index in [0.29, 0.717) is 5.56 Å². The van der Waals surface area contributed by atoms with Crippen molar-refractivity contribution in [2.75, 3.05) is 5.75 Å². The first-order chi connectivity index (χ1) is 10.9. The van der Waals surface area contributed by atoms with E-state index < -0.39 is 33.4 Å². The standard InChI is InChI=1S/C16H13F2NO3S/c17-12-6-3-4-10(16(12)18)8-15(20)19-13-9-23(21,22)14-7-2-1-5-11(13)14/h1-7,13H,8-9H2,(H,19,20). The second-order valence-corrected chi connectivity index (χ2v) is 7.33. The SMILES string of the molecule is O=C(Cc1cccc(F)c1F)NC1CS(=O)(=O)c2ccccc21. The Kier molecular flexibility index (Phi) is 3.89. The van der Waals surface area contributed by atoms with Crippen molar-refractivity contribution < 1.29 is 22.0 Å². The van der Waals surface area contributed by atoms with Crippen molar-refractivity contribution in [1.29, 1.82) is 0 Å². The zero-order valence-electron chi connectivity index (χ0n) is 11.9.